The number of nitrogens with zero attached hydrogens (tertiary/aromatic N) is 3. The summed E-state index contributed by atoms with van der Waals surface area (Å²) in [6, 6.07) is 31.1. The van der Waals surface area contributed by atoms with Crippen LogP contribution < -0.4 is 14.8 Å². The van der Waals surface area contributed by atoms with Crippen molar-refractivity contribution in [2.75, 3.05) is 38.9 Å². The van der Waals surface area contributed by atoms with Crippen molar-refractivity contribution in [3.8, 4) is 40.8 Å². The average molecular weight is 583 g/mol. The average Bonchev–Trinajstić information content (AvgIpc) is 3.07. The number of pyridine rings is 1. The van der Waals surface area contributed by atoms with E-state index in [2.05, 4.69) is 26.4 Å². The Bertz CT molecular complexity index is 1920. The Morgan fingerprint density at radius 3 is 2.32 bits per heavy atom. The molecular formula is C36H30N4O4. The molecule has 2 aromatic heterocycles. The standard InChI is InChI=1S/C36H30N4O4/c1-3-25-8-10-26(11-9-25)35-30-6-4-5-7-31(30)36(40-39-35)38-27-12-14-28(15-13-27)44-34-18-19-37-33-17-16-29(24-32(33)34)43-23-22-42-21-20-41-2/h1,4-19,24H,20-23H2,2H3,(H,38,40). The first-order chi connectivity index (χ1) is 21.7. The van der Waals surface area contributed by atoms with Gasteiger partial charge in [0.05, 0.1) is 25.3 Å². The number of ether oxygens (including phenoxy) is 4. The molecule has 0 aliphatic rings. The molecule has 0 aliphatic carbocycles. The van der Waals surface area contributed by atoms with Gasteiger partial charge in [0.2, 0.25) is 0 Å². The van der Waals surface area contributed by atoms with Gasteiger partial charge in [0.15, 0.2) is 5.82 Å². The van der Waals surface area contributed by atoms with Crippen molar-refractivity contribution < 1.29 is 18.9 Å². The second kappa shape index (κ2) is 13.7. The number of hydrogen-bond acceptors (Lipinski definition) is 8. The van der Waals surface area contributed by atoms with E-state index in [1.54, 1.807) is 13.3 Å². The zero-order chi connectivity index (χ0) is 30.1. The number of nitrogens with one attached hydrogen (secondary N) is 1. The summed E-state index contributed by atoms with van der Waals surface area (Å²) in [5.74, 6) is 5.39. The second-order valence-electron chi connectivity index (χ2n) is 9.86. The molecule has 0 saturated heterocycles. The first kappa shape index (κ1) is 28.6. The van der Waals surface area contributed by atoms with Gasteiger partial charge in [-0.15, -0.1) is 16.6 Å². The van der Waals surface area contributed by atoms with E-state index in [1.807, 2.05) is 97.1 Å². The minimum absolute atomic E-state index is 0.433. The topological polar surface area (TPSA) is 87.6 Å². The number of fused-ring (bicyclic) bond motifs is 2. The van der Waals surface area contributed by atoms with Gasteiger partial charge in [-0.25, -0.2) is 0 Å². The molecule has 6 aromatic rings. The molecule has 0 amide bonds. The molecular weight excluding hydrogens is 552 g/mol. The zero-order valence-electron chi connectivity index (χ0n) is 24.2. The normalized spacial score (nSPS) is 10.9. The van der Waals surface area contributed by atoms with E-state index in [4.69, 9.17) is 25.4 Å². The third-order valence-corrected chi connectivity index (χ3v) is 6.96. The first-order valence-corrected chi connectivity index (χ1v) is 14.2. The summed E-state index contributed by atoms with van der Waals surface area (Å²) in [7, 11) is 1.65. The summed E-state index contributed by atoms with van der Waals surface area (Å²) in [5, 5.41) is 15.3. The Morgan fingerprint density at radius 1 is 0.750 bits per heavy atom. The predicted octanol–water partition coefficient (Wildman–Crippen LogP) is 7.40. The highest BCUT2D eigenvalue weighted by atomic mass is 16.5. The van der Waals surface area contributed by atoms with Crippen LogP contribution in [0.25, 0.3) is 32.9 Å². The molecule has 0 aliphatic heterocycles. The van der Waals surface area contributed by atoms with E-state index in [0.717, 1.165) is 44.2 Å². The van der Waals surface area contributed by atoms with E-state index < -0.39 is 0 Å². The summed E-state index contributed by atoms with van der Waals surface area (Å²) < 4.78 is 22.6. The van der Waals surface area contributed by atoms with Crippen molar-refractivity contribution in [1.29, 1.82) is 0 Å². The van der Waals surface area contributed by atoms with Crippen molar-refractivity contribution in [2.24, 2.45) is 0 Å². The Morgan fingerprint density at radius 2 is 1.52 bits per heavy atom. The number of benzene rings is 4. The first-order valence-electron chi connectivity index (χ1n) is 14.2. The van der Waals surface area contributed by atoms with E-state index >= 15 is 0 Å². The van der Waals surface area contributed by atoms with Crippen LogP contribution in [-0.4, -0.2) is 48.7 Å². The number of rotatable bonds is 12. The maximum Gasteiger partial charge on any atom is 0.161 e. The van der Waals surface area contributed by atoms with Crippen LogP contribution in [-0.2, 0) is 9.47 Å². The third kappa shape index (κ3) is 6.60. The van der Waals surface area contributed by atoms with E-state index in [1.165, 1.54) is 0 Å². The van der Waals surface area contributed by atoms with Gasteiger partial charge >= 0.3 is 0 Å². The van der Waals surface area contributed by atoms with Crippen LogP contribution in [0.2, 0.25) is 0 Å². The summed E-state index contributed by atoms with van der Waals surface area (Å²) in [5.41, 5.74) is 4.24. The Hall–Kier alpha value is -5.49. The van der Waals surface area contributed by atoms with E-state index in [-0.39, 0.29) is 0 Å². The summed E-state index contributed by atoms with van der Waals surface area (Å²) in [6.07, 6.45) is 7.25. The second-order valence-corrected chi connectivity index (χ2v) is 9.86. The van der Waals surface area contributed by atoms with Crippen molar-refractivity contribution >= 4 is 33.2 Å². The predicted molar refractivity (Wildman–Crippen MR) is 173 cm³/mol. The maximum absolute atomic E-state index is 6.27. The maximum atomic E-state index is 6.27. The van der Waals surface area contributed by atoms with Gasteiger partial charge in [-0.2, -0.15) is 0 Å². The summed E-state index contributed by atoms with van der Waals surface area (Å²) in [4.78, 5) is 4.47. The van der Waals surface area contributed by atoms with Gasteiger partial charge in [0.25, 0.3) is 0 Å². The number of hydrogen-bond donors (Lipinski definition) is 1. The van der Waals surface area contributed by atoms with E-state index in [0.29, 0.717) is 49.5 Å². The van der Waals surface area contributed by atoms with Gasteiger partial charge in [-0.3, -0.25) is 4.98 Å². The molecule has 0 bridgehead atoms. The molecule has 8 heteroatoms. The molecule has 218 valence electrons. The lowest BCUT2D eigenvalue weighted by Crippen LogP contribution is -2.09. The Kier molecular flexibility index (Phi) is 8.88. The fraction of sp³-hybridized carbons (Fsp3) is 0.139. The SMILES string of the molecule is C#Cc1ccc(-c2nnc(Nc3ccc(Oc4ccnc5ccc(OCCOCCOC)cc45)cc3)c3ccccc23)cc1. The smallest absolute Gasteiger partial charge is 0.161 e. The Labute approximate surface area is 255 Å². The minimum Gasteiger partial charge on any atom is -0.491 e. The van der Waals surface area contributed by atoms with Gasteiger partial charge in [-0.1, -0.05) is 42.3 Å². The summed E-state index contributed by atoms with van der Waals surface area (Å²) >= 11 is 0. The molecule has 0 atom stereocenters. The number of anilines is 2. The van der Waals surface area contributed by atoms with Gasteiger partial charge in [0.1, 0.15) is 29.5 Å². The van der Waals surface area contributed by atoms with Crippen molar-refractivity contribution in [2.45, 2.75) is 0 Å². The number of terminal acetylenes is 1. The molecule has 4 aromatic carbocycles. The highest BCUT2D eigenvalue weighted by molar-refractivity contribution is 6.00. The quantitative estimate of drug-likeness (QED) is 0.118. The lowest BCUT2D eigenvalue weighted by atomic mass is 10.0. The lowest BCUT2D eigenvalue weighted by molar-refractivity contribution is 0.0544. The molecule has 2 heterocycles. The third-order valence-electron chi connectivity index (χ3n) is 6.96. The van der Waals surface area contributed by atoms with Crippen LogP contribution in [0.4, 0.5) is 11.5 Å². The van der Waals surface area contributed by atoms with Gasteiger partial charge in [-0.05, 0) is 60.7 Å². The number of aromatic nitrogens is 3. The van der Waals surface area contributed by atoms with Crippen molar-refractivity contribution in [3.63, 3.8) is 0 Å². The minimum atomic E-state index is 0.433. The molecule has 8 nitrogen and oxygen atoms in total. The zero-order valence-corrected chi connectivity index (χ0v) is 24.2. The molecule has 0 spiro atoms. The fourth-order valence-corrected chi connectivity index (χ4v) is 4.75. The van der Waals surface area contributed by atoms with E-state index in [9.17, 15) is 0 Å². The lowest BCUT2D eigenvalue weighted by Gasteiger charge is -2.13. The van der Waals surface area contributed by atoms with Crippen LogP contribution >= 0.6 is 0 Å². The molecule has 1 N–H and O–H groups in total. The monoisotopic (exact) mass is 582 g/mol. The van der Waals surface area contributed by atoms with Crippen LogP contribution in [0, 0.1) is 12.3 Å². The molecule has 0 saturated carbocycles. The Balaban J connectivity index is 1.17. The van der Waals surface area contributed by atoms with Gasteiger partial charge < -0.3 is 24.3 Å². The van der Waals surface area contributed by atoms with Crippen LogP contribution in [0.15, 0.2) is 103 Å². The summed E-state index contributed by atoms with van der Waals surface area (Å²) in [6.45, 7) is 2.00. The molecule has 44 heavy (non-hydrogen) atoms. The van der Waals surface area contributed by atoms with Crippen LogP contribution in [0.5, 0.6) is 17.2 Å². The van der Waals surface area contributed by atoms with Gasteiger partial charge in [0, 0.05) is 46.3 Å². The molecule has 6 rings (SSSR count). The van der Waals surface area contributed by atoms with Crippen molar-refractivity contribution in [1.82, 2.24) is 15.2 Å². The number of methoxy groups -OCH3 is 1. The van der Waals surface area contributed by atoms with Crippen LogP contribution in [0.1, 0.15) is 5.56 Å². The largest absolute Gasteiger partial charge is 0.491 e. The highest BCUT2D eigenvalue weighted by Crippen LogP contribution is 2.34. The fourth-order valence-electron chi connectivity index (χ4n) is 4.75. The van der Waals surface area contributed by atoms with Crippen LogP contribution in [0.3, 0.4) is 0 Å². The molecule has 0 fully saturated rings. The molecule has 0 unspecified atom stereocenters. The highest BCUT2D eigenvalue weighted by Gasteiger charge is 2.12. The van der Waals surface area contributed by atoms with Crippen molar-refractivity contribution in [3.05, 3.63) is 109 Å². The molecule has 0 radical (unpaired) electrons.